The fourth-order valence-corrected chi connectivity index (χ4v) is 3.28. The van der Waals surface area contributed by atoms with Crippen molar-refractivity contribution < 1.29 is 14.0 Å². The minimum Gasteiger partial charge on any atom is -0.436 e. The van der Waals surface area contributed by atoms with Crippen LogP contribution in [0.15, 0.2) is 41.6 Å². The second kappa shape index (κ2) is 7.51. The zero-order chi connectivity index (χ0) is 21.4. The Morgan fingerprint density at radius 2 is 1.93 bits per heavy atom. The third kappa shape index (κ3) is 3.45. The molecule has 0 saturated carbocycles. The van der Waals surface area contributed by atoms with E-state index < -0.39 is 5.91 Å². The molecule has 0 aliphatic heterocycles. The van der Waals surface area contributed by atoms with E-state index in [4.69, 9.17) is 4.42 Å². The van der Waals surface area contributed by atoms with Crippen LogP contribution >= 0.6 is 0 Å². The summed E-state index contributed by atoms with van der Waals surface area (Å²) in [6, 6.07) is 1.70. The predicted octanol–water partition coefficient (Wildman–Crippen LogP) is 3.50. The number of rotatable bonds is 5. The fraction of sp³-hybridized carbons (Fsp3) is 0.238. The lowest BCUT2D eigenvalue weighted by molar-refractivity contribution is 0.0992. The van der Waals surface area contributed by atoms with E-state index in [1.165, 1.54) is 18.7 Å². The standard InChI is InChI=1S/C21H20N6O3/c1-11(2)27-9-17(16-8-23-10-24-20(16)27)18(28)14-5-15(7-22-6-14)26-21(29)19-12(3)25-13(4)30-19/h5-11H,1-4H3,(H,26,29). The molecule has 4 aromatic rings. The quantitative estimate of drug-likeness (QED) is 0.506. The number of ketones is 1. The Morgan fingerprint density at radius 3 is 2.63 bits per heavy atom. The zero-order valence-electron chi connectivity index (χ0n) is 17.0. The van der Waals surface area contributed by atoms with Crippen molar-refractivity contribution in [3.05, 3.63) is 65.7 Å². The molecule has 0 bridgehead atoms. The average Bonchev–Trinajstić information content (AvgIpc) is 3.27. The Labute approximate surface area is 172 Å². The molecule has 0 aliphatic rings. The van der Waals surface area contributed by atoms with Gasteiger partial charge in [-0.3, -0.25) is 14.6 Å². The second-order valence-corrected chi connectivity index (χ2v) is 7.20. The zero-order valence-corrected chi connectivity index (χ0v) is 17.0. The first kappa shape index (κ1) is 19.4. The molecule has 30 heavy (non-hydrogen) atoms. The highest BCUT2D eigenvalue weighted by atomic mass is 16.4. The highest BCUT2D eigenvalue weighted by Gasteiger charge is 2.21. The highest BCUT2D eigenvalue weighted by Crippen LogP contribution is 2.25. The van der Waals surface area contributed by atoms with Gasteiger partial charge in [0.05, 0.1) is 23.1 Å². The number of anilines is 1. The summed E-state index contributed by atoms with van der Waals surface area (Å²) in [6.45, 7) is 7.39. The van der Waals surface area contributed by atoms with Crippen LogP contribution in [0.4, 0.5) is 5.69 Å². The van der Waals surface area contributed by atoms with Crippen molar-refractivity contribution >= 4 is 28.4 Å². The molecule has 0 fully saturated rings. The SMILES string of the molecule is Cc1nc(C)c(C(=O)Nc2cncc(C(=O)c3cn(C(C)C)c4ncncc34)c2)o1. The molecule has 1 amide bonds. The number of carbonyl (C=O) groups is 2. The number of pyridine rings is 1. The van der Waals surface area contributed by atoms with E-state index in [0.717, 1.165) is 0 Å². The summed E-state index contributed by atoms with van der Waals surface area (Å²) >= 11 is 0. The number of aromatic nitrogens is 5. The van der Waals surface area contributed by atoms with Gasteiger partial charge in [0.2, 0.25) is 5.76 Å². The Balaban J connectivity index is 1.66. The van der Waals surface area contributed by atoms with Gasteiger partial charge in [-0.2, -0.15) is 0 Å². The number of hydrogen-bond acceptors (Lipinski definition) is 7. The van der Waals surface area contributed by atoms with Crippen molar-refractivity contribution in [1.29, 1.82) is 0 Å². The summed E-state index contributed by atoms with van der Waals surface area (Å²) in [5, 5.41) is 3.37. The molecule has 0 radical (unpaired) electrons. The van der Waals surface area contributed by atoms with Crippen molar-refractivity contribution in [3.63, 3.8) is 0 Å². The van der Waals surface area contributed by atoms with Gasteiger partial charge in [-0.05, 0) is 26.8 Å². The minimum atomic E-state index is -0.454. The third-order valence-corrected chi connectivity index (χ3v) is 4.66. The molecule has 4 rings (SSSR count). The van der Waals surface area contributed by atoms with Crippen molar-refractivity contribution in [3.8, 4) is 0 Å². The fourth-order valence-electron chi connectivity index (χ4n) is 3.28. The number of aryl methyl sites for hydroxylation is 2. The number of hydrogen-bond donors (Lipinski definition) is 1. The van der Waals surface area contributed by atoms with E-state index in [1.54, 1.807) is 32.3 Å². The molecule has 0 unspecified atom stereocenters. The molecule has 0 aromatic carbocycles. The van der Waals surface area contributed by atoms with E-state index in [-0.39, 0.29) is 17.6 Å². The van der Waals surface area contributed by atoms with Crippen molar-refractivity contribution in [2.24, 2.45) is 0 Å². The molecule has 0 atom stereocenters. The predicted molar refractivity (Wildman–Crippen MR) is 110 cm³/mol. The molecule has 4 heterocycles. The average molecular weight is 404 g/mol. The second-order valence-electron chi connectivity index (χ2n) is 7.20. The molecule has 1 N–H and O–H groups in total. The van der Waals surface area contributed by atoms with Crippen LogP contribution < -0.4 is 5.32 Å². The summed E-state index contributed by atoms with van der Waals surface area (Å²) in [4.78, 5) is 42.3. The lowest BCUT2D eigenvalue weighted by atomic mass is 10.1. The van der Waals surface area contributed by atoms with Crippen molar-refractivity contribution in [1.82, 2.24) is 24.5 Å². The maximum Gasteiger partial charge on any atom is 0.293 e. The first-order valence-corrected chi connectivity index (χ1v) is 9.41. The van der Waals surface area contributed by atoms with Crippen molar-refractivity contribution in [2.75, 3.05) is 5.32 Å². The maximum atomic E-state index is 13.2. The van der Waals surface area contributed by atoms with Crippen LogP contribution in [0.3, 0.4) is 0 Å². The van der Waals surface area contributed by atoms with Gasteiger partial charge >= 0.3 is 0 Å². The first-order chi connectivity index (χ1) is 14.3. The topological polar surface area (TPSA) is 116 Å². The van der Waals surface area contributed by atoms with E-state index in [9.17, 15) is 9.59 Å². The van der Waals surface area contributed by atoms with Crippen LogP contribution in [0.25, 0.3) is 11.0 Å². The summed E-state index contributed by atoms with van der Waals surface area (Å²) < 4.78 is 7.27. The first-order valence-electron chi connectivity index (χ1n) is 9.41. The Hall–Kier alpha value is -3.88. The van der Waals surface area contributed by atoms with E-state index >= 15 is 0 Å². The normalized spacial score (nSPS) is 11.2. The number of fused-ring (bicyclic) bond motifs is 1. The lowest BCUT2D eigenvalue weighted by Crippen LogP contribution is -2.13. The van der Waals surface area contributed by atoms with Gasteiger partial charge < -0.3 is 14.3 Å². The molecule has 9 heteroatoms. The van der Waals surface area contributed by atoms with Crippen LogP contribution in [0, 0.1) is 13.8 Å². The lowest BCUT2D eigenvalue weighted by Gasteiger charge is -2.07. The maximum absolute atomic E-state index is 13.2. The van der Waals surface area contributed by atoms with Crippen LogP contribution in [0.5, 0.6) is 0 Å². The Bertz CT molecular complexity index is 1270. The van der Waals surface area contributed by atoms with Gasteiger partial charge in [-0.15, -0.1) is 0 Å². The molecule has 0 saturated heterocycles. The third-order valence-electron chi connectivity index (χ3n) is 4.66. The van der Waals surface area contributed by atoms with E-state index in [1.807, 2.05) is 18.4 Å². The number of nitrogens with zero attached hydrogens (tertiary/aromatic N) is 5. The Kier molecular flexibility index (Phi) is 4.86. The molecular weight excluding hydrogens is 384 g/mol. The molecule has 9 nitrogen and oxygen atoms in total. The smallest absolute Gasteiger partial charge is 0.293 e. The Morgan fingerprint density at radius 1 is 1.13 bits per heavy atom. The molecule has 0 spiro atoms. The number of oxazole rings is 1. The molecule has 152 valence electrons. The summed E-state index contributed by atoms with van der Waals surface area (Å²) in [5.74, 6) is -0.154. The van der Waals surface area contributed by atoms with Gasteiger partial charge in [-0.25, -0.2) is 15.0 Å². The molecular formula is C21H20N6O3. The summed E-state index contributed by atoms with van der Waals surface area (Å²) in [6.07, 6.45) is 7.79. The van der Waals surface area contributed by atoms with Crippen LogP contribution in [-0.2, 0) is 0 Å². The van der Waals surface area contributed by atoms with Gasteiger partial charge in [0.25, 0.3) is 5.91 Å². The van der Waals surface area contributed by atoms with Crippen molar-refractivity contribution in [2.45, 2.75) is 33.7 Å². The molecule has 0 aliphatic carbocycles. The number of nitrogens with one attached hydrogen (secondary N) is 1. The summed E-state index contributed by atoms with van der Waals surface area (Å²) in [5.41, 5.74) is 2.38. The van der Waals surface area contributed by atoms with Crippen LogP contribution in [0.1, 0.15) is 58.0 Å². The summed E-state index contributed by atoms with van der Waals surface area (Å²) in [7, 11) is 0. The number of carbonyl (C=O) groups excluding carboxylic acids is 2. The van der Waals surface area contributed by atoms with E-state index in [0.29, 0.717) is 39.4 Å². The highest BCUT2D eigenvalue weighted by molar-refractivity contribution is 6.16. The van der Waals surface area contributed by atoms with E-state index in [2.05, 4.69) is 25.3 Å². The monoisotopic (exact) mass is 404 g/mol. The number of amides is 1. The minimum absolute atomic E-state index is 0.126. The van der Waals surface area contributed by atoms with Crippen LogP contribution in [-0.4, -0.2) is 36.2 Å². The molecule has 4 aromatic heterocycles. The van der Waals surface area contributed by atoms with Gasteiger partial charge in [0, 0.05) is 42.5 Å². The van der Waals surface area contributed by atoms with Gasteiger partial charge in [0.15, 0.2) is 11.7 Å². The van der Waals surface area contributed by atoms with Crippen LogP contribution in [0.2, 0.25) is 0 Å². The van der Waals surface area contributed by atoms with Gasteiger partial charge in [0.1, 0.15) is 12.0 Å². The largest absolute Gasteiger partial charge is 0.436 e. The van der Waals surface area contributed by atoms with Gasteiger partial charge in [-0.1, -0.05) is 0 Å².